The fourth-order valence-electron chi connectivity index (χ4n) is 1.83. The lowest BCUT2D eigenvalue weighted by Gasteiger charge is -2.00. The Hall–Kier alpha value is -1.77. The van der Waals surface area contributed by atoms with Gasteiger partial charge in [-0.15, -0.1) is 0 Å². The van der Waals surface area contributed by atoms with Crippen molar-refractivity contribution in [2.45, 2.75) is 20.8 Å². The number of ether oxygens (including phenoxy) is 1. The Morgan fingerprint density at radius 2 is 2.06 bits per heavy atom. The average molecular weight is 232 g/mol. The Balaban J connectivity index is 2.60. The zero-order chi connectivity index (χ0) is 12.6. The monoisotopic (exact) mass is 232 g/mol. The fraction of sp³-hybridized carbons (Fsp3) is 0.357. The van der Waals surface area contributed by atoms with E-state index in [1.165, 1.54) is 0 Å². The topological polar surface area (TPSA) is 39.4 Å². The Morgan fingerprint density at radius 1 is 1.35 bits per heavy atom. The summed E-state index contributed by atoms with van der Waals surface area (Å²) in [7, 11) is 1.61. The van der Waals surface area contributed by atoms with E-state index in [0.717, 1.165) is 16.7 Å². The molecule has 0 aliphatic carbocycles. The van der Waals surface area contributed by atoms with E-state index in [-0.39, 0.29) is 11.7 Å². The van der Waals surface area contributed by atoms with Gasteiger partial charge in [-0.05, 0) is 19.1 Å². The third kappa shape index (κ3) is 1.93. The summed E-state index contributed by atoms with van der Waals surface area (Å²) < 4.78 is 10.8. The van der Waals surface area contributed by atoms with Gasteiger partial charge >= 0.3 is 0 Å². The number of methoxy groups -OCH3 is 1. The number of furan rings is 1. The summed E-state index contributed by atoms with van der Waals surface area (Å²) in [6.07, 6.45) is 0. The zero-order valence-electron chi connectivity index (χ0n) is 10.5. The summed E-state index contributed by atoms with van der Waals surface area (Å²) in [6.45, 7) is 5.65. The molecule has 0 unspecified atom stereocenters. The highest BCUT2D eigenvalue weighted by Gasteiger charge is 2.20. The number of carbonyl (C=O) groups excluding carboxylic acids is 1. The molecule has 3 heteroatoms. The first kappa shape index (κ1) is 11.7. The molecule has 0 radical (unpaired) electrons. The van der Waals surface area contributed by atoms with Crippen molar-refractivity contribution in [2.75, 3.05) is 7.11 Å². The van der Waals surface area contributed by atoms with Gasteiger partial charge in [-0.1, -0.05) is 13.8 Å². The SMILES string of the molecule is COc1ccc2c(C)c(C(=O)C(C)C)oc2c1. The van der Waals surface area contributed by atoms with Crippen molar-refractivity contribution in [3.05, 3.63) is 29.5 Å². The molecule has 1 heterocycles. The first-order valence-corrected chi connectivity index (χ1v) is 5.66. The molecular weight excluding hydrogens is 216 g/mol. The minimum absolute atomic E-state index is 0.0395. The van der Waals surface area contributed by atoms with Crippen LogP contribution in [0, 0.1) is 12.8 Å². The van der Waals surface area contributed by atoms with Gasteiger partial charge in [0, 0.05) is 22.9 Å². The first-order chi connectivity index (χ1) is 8.04. The van der Waals surface area contributed by atoms with Crippen molar-refractivity contribution >= 4 is 16.8 Å². The van der Waals surface area contributed by atoms with Gasteiger partial charge in [0.2, 0.25) is 5.78 Å². The third-order valence-electron chi connectivity index (χ3n) is 2.89. The second kappa shape index (κ2) is 4.24. The van der Waals surface area contributed by atoms with Crippen LogP contribution in [-0.4, -0.2) is 12.9 Å². The molecule has 3 nitrogen and oxygen atoms in total. The predicted molar refractivity (Wildman–Crippen MR) is 66.7 cm³/mol. The van der Waals surface area contributed by atoms with Crippen molar-refractivity contribution in [1.82, 2.24) is 0 Å². The lowest BCUT2D eigenvalue weighted by molar-refractivity contribution is 0.0912. The molecule has 0 aliphatic rings. The summed E-state index contributed by atoms with van der Waals surface area (Å²) in [4.78, 5) is 12.0. The third-order valence-corrected chi connectivity index (χ3v) is 2.89. The van der Waals surface area contributed by atoms with Gasteiger partial charge in [-0.25, -0.2) is 0 Å². The number of rotatable bonds is 3. The normalized spacial score (nSPS) is 11.1. The van der Waals surface area contributed by atoms with E-state index in [1.54, 1.807) is 13.2 Å². The number of hydrogen-bond donors (Lipinski definition) is 0. The maximum Gasteiger partial charge on any atom is 0.200 e. The quantitative estimate of drug-likeness (QED) is 0.759. The number of ketones is 1. The van der Waals surface area contributed by atoms with E-state index in [1.807, 2.05) is 32.9 Å². The van der Waals surface area contributed by atoms with Crippen molar-refractivity contribution in [3.8, 4) is 5.75 Å². The van der Waals surface area contributed by atoms with Crippen molar-refractivity contribution in [3.63, 3.8) is 0 Å². The minimum atomic E-state index is -0.0591. The Labute approximate surface area is 100 Å². The molecule has 0 saturated carbocycles. The molecule has 90 valence electrons. The van der Waals surface area contributed by atoms with E-state index in [4.69, 9.17) is 9.15 Å². The summed E-state index contributed by atoms with van der Waals surface area (Å²) in [5, 5.41) is 0.967. The molecule has 1 aromatic carbocycles. The maximum absolute atomic E-state index is 12.0. The largest absolute Gasteiger partial charge is 0.497 e. The van der Waals surface area contributed by atoms with Gasteiger partial charge in [-0.2, -0.15) is 0 Å². The second-order valence-corrected chi connectivity index (χ2v) is 4.44. The molecule has 0 aliphatic heterocycles. The van der Waals surface area contributed by atoms with Crippen LogP contribution in [0.2, 0.25) is 0 Å². The van der Waals surface area contributed by atoms with Crippen LogP contribution in [0.3, 0.4) is 0 Å². The molecule has 1 aromatic heterocycles. The van der Waals surface area contributed by atoms with Gasteiger partial charge in [-0.3, -0.25) is 4.79 Å². The number of benzene rings is 1. The number of aryl methyl sites for hydroxylation is 1. The van der Waals surface area contributed by atoms with Crippen LogP contribution in [-0.2, 0) is 0 Å². The molecule has 0 amide bonds. The van der Waals surface area contributed by atoms with Gasteiger partial charge < -0.3 is 9.15 Å². The smallest absolute Gasteiger partial charge is 0.200 e. The molecule has 17 heavy (non-hydrogen) atoms. The van der Waals surface area contributed by atoms with Gasteiger partial charge in [0.15, 0.2) is 5.76 Å². The van der Waals surface area contributed by atoms with Crippen molar-refractivity contribution in [2.24, 2.45) is 5.92 Å². The molecule has 0 spiro atoms. The van der Waals surface area contributed by atoms with E-state index >= 15 is 0 Å². The molecule has 2 aromatic rings. The van der Waals surface area contributed by atoms with Crippen LogP contribution >= 0.6 is 0 Å². The van der Waals surface area contributed by atoms with E-state index in [9.17, 15) is 4.79 Å². The van der Waals surface area contributed by atoms with E-state index in [0.29, 0.717) is 11.3 Å². The maximum atomic E-state index is 12.0. The Kier molecular flexibility index (Phi) is 2.92. The number of hydrogen-bond acceptors (Lipinski definition) is 3. The molecule has 0 fully saturated rings. The highest BCUT2D eigenvalue weighted by atomic mass is 16.5. The molecule has 0 bridgehead atoms. The summed E-state index contributed by atoms with van der Waals surface area (Å²) >= 11 is 0. The van der Waals surface area contributed by atoms with Gasteiger partial charge in [0.05, 0.1) is 7.11 Å². The Bertz CT molecular complexity index is 564. The van der Waals surface area contributed by atoms with Gasteiger partial charge in [0.25, 0.3) is 0 Å². The number of carbonyl (C=O) groups is 1. The second-order valence-electron chi connectivity index (χ2n) is 4.44. The van der Waals surface area contributed by atoms with Gasteiger partial charge in [0.1, 0.15) is 11.3 Å². The predicted octanol–water partition coefficient (Wildman–Crippen LogP) is 3.59. The zero-order valence-corrected chi connectivity index (χ0v) is 10.5. The summed E-state index contributed by atoms with van der Waals surface area (Å²) in [6, 6.07) is 5.60. The molecule has 2 rings (SSSR count). The summed E-state index contributed by atoms with van der Waals surface area (Å²) in [5.41, 5.74) is 1.60. The molecule has 0 atom stereocenters. The van der Waals surface area contributed by atoms with Crippen LogP contribution in [0.15, 0.2) is 22.6 Å². The lowest BCUT2D eigenvalue weighted by atomic mass is 10.0. The fourth-order valence-corrected chi connectivity index (χ4v) is 1.83. The number of Topliss-reactive ketones (excluding diaryl/α,β-unsaturated/α-hetero) is 1. The highest BCUT2D eigenvalue weighted by Crippen LogP contribution is 2.29. The first-order valence-electron chi connectivity index (χ1n) is 5.66. The summed E-state index contributed by atoms with van der Waals surface area (Å²) in [5.74, 6) is 1.17. The van der Waals surface area contributed by atoms with Crippen LogP contribution in [0.25, 0.3) is 11.0 Å². The number of fused-ring (bicyclic) bond motifs is 1. The molecule has 0 N–H and O–H groups in total. The Morgan fingerprint density at radius 3 is 2.65 bits per heavy atom. The lowest BCUT2D eigenvalue weighted by Crippen LogP contribution is -2.07. The van der Waals surface area contributed by atoms with Crippen LogP contribution in [0.4, 0.5) is 0 Å². The van der Waals surface area contributed by atoms with Crippen molar-refractivity contribution < 1.29 is 13.9 Å². The van der Waals surface area contributed by atoms with E-state index in [2.05, 4.69) is 0 Å². The van der Waals surface area contributed by atoms with E-state index < -0.39 is 0 Å². The highest BCUT2D eigenvalue weighted by molar-refractivity contribution is 6.01. The molecular formula is C14H16O3. The average Bonchev–Trinajstić information content (AvgIpc) is 2.65. The van der Waals surface area contributed by atoms with Crippen LogP contribution < -0.4 is 4.74 Å². The standard InChI is InChI=1S/C14H16O3/c1-8(2)13(15)14-9(3)11-6-5-10(16-4)7-12(11)17-14/h5-8H,1-4H3. The molecule has 0 saturated heterocycles. The van der Waals surface area contributed by atoms with Crippen LogP contribution in [0.5, 0.6) is 5.75 Å². The minimum Gasteiger partial charge on any atom is -0.497 e. The van der Waals surface area contributed by atoms with Crippen molar-refractivity contribution in [1.29, 1.82) is 0 Å². The van der Waals surface area contributed by atoms with Crippen LogP contribution in [0.1, 0.15) is 30.0 Å².